The summed E-state index contributed by atoms with van der Waals surface area (Å²) in [4.78, 5) is 18.8. The molecule has 0 spiro atoms. The number of nitrogen functional groups attached to an aromatic ring is 1. The van der Waals surface area contributed by atoms with Crippen molar-refractivity contribution in [3.8, 4) is 0 Å². The highest BCUT2D eigenvalue weighted by molar-refractivity contribution is 6.30. The first-order valence-electron chi connectivity index (χ1n) is 9.40. The monoisotopic (exact) mass is 433 g/mol. The number of nitrogens with zero attached hydrogens (tertiary/aromatic N) is 1. The lowest BCUT2D eigenvalue weighted by molar-refractivity contribution is -0.158. The van der Waals surface area contributed by atoms with Gasteiger partial charge in [-0.05, 0) is 19.1 Å². The standard InChI is InChI=1S/C20H20ClN3O6/c1-20-15(11-7-27-14-13(11)23-19(22)24-17(14)25)28-12(8-26-2)16(20)29-18(30-20)9-3-5-10(21)6-4-9/h3-7,12,15-16,18H,8H2,1-2H3,(H3,22,23,24,25)/t12-,15+,16-,18?,20+/m1/s1. The van der Waals surface area contributed by atoms with Crippen LogP contribution in [0.15, 0.2) is 39.7 Å². The van der Waals surface area contributed by atoms with Gasteiger partial charge in [-0.3, -0.25) is 9.78 Å². The van der Waals surface area contributed by atoms with Crippen LogP contribution >= 0.6 is 11.6 Å². The summed E-state index contributed by atoms with van der Waals surface area (Å²) >= 11 is 6.00. The third kappa shape index (κ3) is 2.93. The van der Waals surface area contributed by atoms with E-state index in [4.69, 9.17) is 40.7 Å². The van der Waals surface area contributed by atoms with E-state index in [0.717, 1.165) is 5.56 Å². The molecule has 2 fully saturated rings. The maximum absolute atomic E-state index is 12.2. The van der Waals surface area contributed by atoms with Crippen molar-refractivity contribution in [2.24, 2.45) is 0 Å². The van der Waals surface area contributed by atoms with E-state index >= 15 is 0 Å². The van der Waals surface area contributed by atoms with E-state index in [1.807, 2.05) is 19.1 Å². The SMILES string of the molecule is COC[C@H]1O[C@@H](c2coc3c(=O)[nH]c(N)nc23)[C@]2(C)OC(c3ccc(Cl)cc3)O[C@H]12. The fraction of sp³-hybridized carbons (Fsp3) is 0.400. The number of methoxy groups -OCH3 is 1. The predicted molar refractivity (Wildman–Crippen MR) is 107 cm³/mol. The number of hydrogen-bond acceptors (Lipinski definition) is 8. The minimum Gasteiger partial charge on any atom is -0.456 e. The Labute approximate surface area is 176 Å². The second-order valence-electron chi connectivity index (χ2n) is 7.57. The zero-order valence-corrected chi connectivity index (χ0v) is 17.0. The van der Waals surface area contributed by atoms with E-state index < -0.39 is 35.8 Å². The molecule has 5 rings (SSSR count). The molecule has 3 aromatic rings. The molecule has 0 bridgehead atoms. The molecule has 2 aliphatic rings. The van der Waals surface area contributed by atoms with Crippen LogP contribution in [0.25, 0.3) is 11.1 Å². The maximum atomic E-state index is 12.2. The normalized spacial score (nSPS) is 30.8. The summed E-state index contributed by atoms with van der Waals surface area (Å²) < 4.78 is 29.7. The van der Waals surface area contributed by atoms with Crippen molar-refractivity contribution in [3.63, 3.8) is 0 Å². The highest BCUT2D eigenvalue weighted by Gasteiger charge is 2.62. The molecule has 1 aromatic carbocycles. The molecular weight excluding hydrogens is 414 g/mol. The number of anilines is 1. The number of benzene rings is 1. The molecule has 0 aliphatic carbocycles. The third-order valence-corrected chi connectivity index (χ3v) is 5.85. The van der Waals surface area contributed by atoms with Crippen molar-refractivity contribution < 1.29 is 23.4 Å². The quantitative estimate of drug-likeness (QED) is 0.644. The van der Waals surface area contributed by atoms with Crippen LogP contribution in [0, 0.1) is 0 Å². The van der Waals surface area contributed by atoms with Gasteiger partial charge < -0.3 is 29.1 Å². The number of halogens is 1. The summed E-state index contributed by atoms with van der Waals surface area (Å²) in [6, 6.07) is 7.27. The van der Waals surface area contributed by atoms with E-state index in [9.17, 15) is 4.79 Å². The molecule has 0 amide bonds. The molecule has 2 aromatic heterocycles. The second-order valence-corrected chi connectivity index (χ2v) is 8.01. The molecule has 30 heavy (non-hydrogen) atoms. The van der Waals surface area contributed by atoms with Gasteiger partial charge >= 0.3 is 0 Å². The van der Waals surface area contributed by atoms with Gasteiger partial charge in [0.25, 0.3) is 5.56 Å². The summed E-state index contributed by atoms with van der Waals surface area (Å²) in [5.41, 5.74) is 6.20. The summed E-state index contributed by atoms with van der Waals surface area (Å²) in [5.74, 6) is -0.00840. The molecule has 158 valence electrons. The van der Waals surface area contributed by atoms with Crippen LogP contribution in [0.4, 0.5) is 5.95 Å². The number of aromatic nitrogens is 2. The molecule has 5 atom stereocenters. The van der Waals surface area contributed by atoms with Gasteiger partial charge in [0, 0.05) is 23.3 Å². The van der Waals surface area contributed by atoms with Gasteiger partial charge in [-0.2, -0.15) is 0 Å². The van der Waals surface area contributed by atoms with Gasteiger partial charge in [-0.25, -0.2) is 4.98 Å². The average Bonchev–Trinajstić information content (AvgIpc) is 3.34. The lowest BCUT2D eigenvalue weighted by Crippen LogP contribution is -2.40. The number of furan rings is 1. The Morgan fingerprint density at radius 2 is 2.07 bits per heavy atom. The predicted octanol–water partition coefficient (Wildman–Crippen LogP) is 2.71. The molecule has 10 heteroatoms. The zero-order valence-electron chi connectivity index (χ0n) is 16.3. The first kappa shape index (κ1) is 19.5. The Balaban J connectivity index is 1.57. The fourth-order valence-corrected chi connectivity index (χ4v) is 4.36. The Bertz CT molecular complexity index is 1150. The Hall–Kier alpha value is -2.43. The smallest absolute Gasteiger partial charge is 0.295 e. The first-order chi connectivity index (χ1) is 14.4. The Morgan fingerprint density at radius 3 is 2.80 bits per heavy atom. The first-order valence-corrected chi connectivity index (χ1v) is 9.78. The average molecular weight is 434 g/mol. The maximum Gasteiger partial charge on any atom is 0.295 e. The number of rotatable bonds is 4. The van der Waals surface area contributed by atoms with Crippen molar-refractivity contribution in [2.45, 2.75) is 37.1 Å². The molecule has 3 N–H and O–H groups in total. The van der Waals surface area contributed by atoms with Gasteiger partial charge in [0.15, 0.2) is 6.29 Å². The molecule has 9 nitrogen and oxygen atoms in total. The van der Waals surface area contributed by atoms with Crippen LogP contribution in [0.5, 0.6) is 0 Å². The lowest BCUT2D eigenvalue weighted by Gasteiger charge is -2.27. The van der Waals surface area contributed by atoms with E-state index in [2.05, 4.69) is 9.97 Å². The third-order valence-electron chi connectivity index (χ3n) is 5.59. The van der Waals surface area contributed by atoms with Crippen LogP contribution in [0.3, 0.4) is 0 Å². The molecular formula is C20H20ClN3O6. The van der Waals surface area contributed by atoms with Crippen molar-refractivity contribution in [1.82, 2.24) is 9.97 Å². The van der Waals surface area contributed by atoms with Gasteiger partial charge in [0.1, 0.15) is 29.4 Å². The van der Waals surface area contributed by atoms with E-state index in [0.29, 0.717) is 22.7 Å². The summed E-state index contributed by atoms with van der Waals surface area (Å²) in [7, 11) is 1.59. The van der Waals surface area contributed by atoms with Gasteiger partial charge in [-0.15, -0.1) is 0 Å². The van der Waals surface area contributed by atoms with Crippen LogP contribution in [-0.4, -0.2) is 41.5 Å². The zero-order chi connectivity index (χ0) is 21.0. The van der Waals surface area contributed by atoms with Crippen molar-refractivity contribution in [2.75, 3.05) is 19.5 Å². The van der Waals surface area contributed by atoms with Crippen LogP contribution < -0.4 is 11.3 Å². The summed E-state index contributed by atoms with van der Waals surface area (Å²) in [6.07, 6.45) is -0.593. The summed E-state index contributed by atoms with van der Waals surface area (Å²) in [6.45, 7) is 2.21. The second kappa shape index (κ2) is 7.07. The number of hydrogen-bond donors (Lipinski definition) is 2. The highest BCUT2D eigenvalue weighted by atomic mass is 35.5. The van der Waals surface area contributed by atoms with Gasteiger partial charge in [0.05, 0.1) is 12.9 Å². The van der Waals surface area contributed by atoms with E-state index in [1.54, 1.807) is 19.2 Å². The molecule has 0 saturated carbocycles. The number of nitrogens with two attached hydrogens (primary N) is 1. The molecule has 2 saturated heterocycles. The minimum absolute atomic E-state index is 0.00840. The van der Waals surface area contributed by atoms with Gasteiger partial charge in [0.2, 0.25) is 11.5 Å². The molecule has 1 unspecified atom stereocenters. The highest BCUT2D eigenvalue weighted by Crippen LogP contribution is 2.54. The van der Waals surface area contributed by atoms with Crippen molar-refractivity contribution >= 4 is 28.6 Å². The number of fused-ring (bicyclic) bond motifs is 2. The Morgan fingerprint density at radius 1 is 1.30 bits per heavy atom. The lowest BCUT2D eigenvalue weighted by atomic mass is 9.89. The topological polar surface area (TPSA) is 122 Å². The number of H-pyrrole nitrogens is 1. The van der Waals surface area contributed by atoms with E-state index in [1.165, 1.54) is 6.26 Å². The van der Waals surface area contributed by atoms with Gasteiger partial charge in [-0.1, -0.05) is 23.7 Å². The van der Waals surface area contributed by atoms with Crippen LogP contribution in [0.1, 0.15) is 30.4 Å². The number of aromatic amines is 1. The van der Waals surface area contributed by atoms with E-state index in [-0.39, 0.29) is 11.5 Å². The van der Waals surface area contributed by atoms with Crippen LogP contribution in [0.2, 0.25) is 5.02 Å². The largest absolute Gasteiger partial charge is 0.456 e. The number of ether oxygens (including phenoxy) is 4. The number of nitrogens with one attached hydrogen (secondary N) is 1. The van der Waals surface area contributed by atoms with Crippen molar-refractivity contribution in [3.05, 3.63) is 57.0 Å². The molecule has 2 aliphatic heterocycles. The van der Waals surface area contributed by atoms with Crippen molar-refractivity contribution in [1.29, 1.82) is 0 Å². The van der Waals surface area contributed by atoms with Crippen LogP contribution in [-0.2, 0) is 18.9 Å². The summed E-state index contributed by atoms with van der Waals surface area (Å²) in [5, 5.41) is 0.625. The molecule has 0 radical (unpaired) electrons. The molecule has 4 heterocycles. The Kier molecular flexibility index (Phi) is 4.60. The minimum atomic E-state index is -0.886. The fourth-order valence-electron chi connectivity index (χ4n) is 4.23.